The second-order valence-corrected chi connectivity index (χ2v) is 5.24. The summed E-state index contributed by atoms with van der Waals surface area (Å²) in [7, 11) is 0. The fraction of sp³-hybridized carbons (Fsp3) is 0.692. The van der Waals surface area contributed by atoms with Gasteiger partial charge in [-0.05, 0) is 38.5 Å². The molecule has 0 bridgehead atoms. The molecule has 0 saturated heterocycles. The fourth-order valence-corrected chi connectivity index (χ4v) is 2.42. The van der Waals surface area contributed by atoms with Crippen LogP contribution in [0.4, 0.5) is 5.82 Å². The van der Waals surface area contributed by atoms with Crippen LogP contribution in [0.1, 0.15) is 32.0 Å². The number of aromatic nitrogens is 2. The van der Waals surface area contributed by atoms with E-state index in [4.69, 9.17) is 16.3 Å². The lowest BCUT2D eigenvalue weighted by Crippen LogP contribution is -2.17. The van der Waals surface area contributed by atoms with E-state index in [1.807, 2.05) is 19.9 Å². The minimum atomic E-state index is 0.395. The zero-order valence-corrected chi connectivity index (χ0v) is 11.8. The van der Waals surface area contributed by atoms with Crippen molar-refractivity contribution in [3.05, 3.63) is 11.9 Å². The van der Waals surface area contributed by atoms with Crippen LogP contribution in [0.5, 0.6) is 5.88 Å². The molecule has 1 aliphatic carbocycles. The Bertz CT molecular complexity index is 407. The summed E-state index contributed by atoms with van der Waals surface area (Å²) in [4.78, 5) is 8.60. The Labute approximate surface area is 113 Å². The summed E-state index contributed by atoms with van der Waals surface area (Å²) in [5.41, 5.74) is 0.395. The van der Waals surface area contributed by atoms with E-state index in [1.165, 1.54) is 12.8 Å². The maximum Gasteiger partial charge on any atom is 0.218 e. The molecule has 5 heteroatoms. The van der Waals surface area contributed by atoms with Crippen molar-refractivity contribution in [2.24, 2.45) is 5.41 Å². The maximum atomic E-state index is 5.83. The molecule has 1 aromatic heterocycles. The van der Waals surface area contributed by atoms with Gasteiger partial charge in [-0.3, -0.25) is 0 Å². The minimum absolute atomic E-state index is 0.395. The van der Waals surface area contributed by atoms with Crippen LogP contribution in [0.25, 0.3) is 0 Å². The molecule has 1 N–H and O–H groups in total. The number of ether oxygens (including phenoxy) is 1. The molecule has 0 radical (unpaired) electrons. The zero-order chi connectivity index (χ0) is 13.0. The molecule has 100 valence electrons. The van der Waals surface area contributed by atoms with Gasteiger partial charge in [-0.1, -0.05) is 0 Å². The standard InChI is InChI=1S/C13H20ClN3O/c1-3-18-12-8-11(16-10(2)17-12)15-9-13(4-5-13)6-7-14/h8H,3-7,9H2,1-2H3,(H,15,16,17). The van der Waals surface area contributed by atoms with Gasteiger partial charge in [-0.2, -0.15) is 4.98 Å². The SMILES string of the molecule is CCOc1cc(NCC2(CCCl)CC2)nc(C)n1. The Kier molecular flexibility index (Phi) is 4.27. The van der Waals surface area contributed by atoms with Crippen LogP contribution in [-0.4, -0.2) is 29.0 Å². The summed E-state index contributed by atoms with van der Waals surface area (Å²) >= 11 is 5.83. The van der Waals surface area contributed by atoms with E-state index in [0.29, 0.717) is 17.9 Å². The number of hydrogen-bond acceptors (Lipinski definition) is 4. The summed E-state index contributed by atoms with van der Waals surface area (Å²) < 4.78 is 5.41. The van der Waals surface area contributed by atoms with Crippen LogP contribution < -0.4 is 10.1 Å². The largest absolute Gasteiger partial charge is 0.478 e. The molecule has 1 aliphatic rings. The third-order valence-electron chi connectivity index (χ3n) is 3.33. The smallest absolute Gasteiger partial charge is 0.218 e. The molecule has 18 heavy (non-hydrogen) atoms. The van der Waals surface area contributed by atoms with Crippen LogP contribution >= 0.6 is 11.6 Å². The van der Waals surface area contributed by atoms with Gasteiger partial charge in [0.1, 0.15) is 11.6 Å². The van der Waals surface area contributed by atoms with Crippen LogP contribution in [-0.2, 0) is 0 Å². The fourth-order valence-electron chi connectivity index (χ4n) is 2.02. The number of nitrogens with zero attached hydrogens (tertiary/aromatic N) is 2. The second kappa shape index (κ2) is 5.74. The average Bonchev–Trinajstić information content (AvgIpc) is 3.07. The number of halogens is 1. The first-order chi connectivity index (χ1) is 8.67. The Morgan fingerprint density at radius 1 is 1.44 bits per heavy atom. The van der Waals surface area contributed by atoms with Crippen molar-refractivity contribution >= 4 is 17.4 Å². The molecule has 4 nitrogen and oxygen atoms in total. The maximum absolute atomic E-state index is 5.83. The number of alkyl halides is 1. The Morgan fingerprint density at radius 3 is 2.83 bits per heavy atom. The molecular weight excluding hydrogens is 250 g/mol. The van der Waals surface area contributed by atoms with Gasteiger partial charge in [0.2, 0.25) is 5.88 Å². The van der Waals surface area contributed by atoms with E-state index in [1.54, 1.807) is 0 Å². The number of hydrogen-bond donors (Lipinski definition) is 1. The topological polar surface area (TPSA) is 47.0 Å². The van der Waals surface area contributed by atoms with E-state index < -0.39 is 0 Å². The average molecular weight is 270 g/mol. The van der Waals surface area contributed by atoms with Crippen molar-refractivity contribution in [3.63, 3.8) is 0 Å². The highest BCUT2D eigenvalue weighted by Gasteiger charge is 2.41. The summed E-state index contributed by atoms with van der Waals surface area (Å²) in [6.07, 6.45) is 3.59. The number of aryl methyl sites for hydroxylation is 1. The summed E-state index contributed by atoms with van der Waals surface area (Å²) in [5.74, 6) is 2.93. The quantitative estimate of drug-likeness (QED) is 0.773. The zero-order valence-electron chi connectivity index (χ0n) is 11.0. The first-order valence-electron chi connectivity index (χ1n) is 6.46. The molecule has 0 aliphatic heterocycles. The van der Waals surface area contributed by atoms with Crippen molar-refractivity contribution < 1.29 is 4.74 Å². The molecule has 1 aromatic rings. The molecule has 0 spiro atoms. The molecule has 1 fully saturated rings. The van der Waals surface area contributed by atoms with Crippen LogP contribution in [0.3, 0.4) is 0 Å². The monoisotopic (exact) mass is 269 g/mol. The van der Waals surface area contributed by atoms with E-state index in [9.17, 15) is 0 Å². The van der Waals surface area contributed by atoms with Crippen molar-refractivity contribution in [2.45, 2.75) is 33.1 Å². The predicted octanol–water partition coefficient (Wildman–Crippen LogP) is 3.00. The second-order valence-electron chi connectivity index (χ2n) is 4.86. The normalized spacial score (nSPS) is 16.4. The molecule has 2 rings (SSSR count). The van der Waals surface area contributed by atoms with Crippen molar-refractivity contribution in [2.75, 3.05) is 24.3 Å². The van der Waals surface area contributed by atoms with Gasteiger partial charge in [-0.15, -0.1) is 11.6 Å². The van der Waals surface area contributed by atoms with E-state index in [0.717, 1.165) is 30.5 Å². The lowest BCUT2D eigenvalue weighted by Gasteiger charge is -2.15. The first kappa shape index (κ1) is 13.4. The highest BCUT2D eigenvalue weighted by Crippen LogP contribution is 2.48. The van der Waals surface area contributed by atoms with Gasteiger partial charge >= 0.3 is 0 Å². The van der Waals surface area contributed by atoms with E-state index in [-0.39, 0.29) is 0 Å². The van der Waals surface area contributed by atoms with E-state index >= 15 is 0 Å². The third kappa shape index (κ3) is 3.48. The third-order valence-corrected chi connectivity index (χ3v) is 3.52. The molecule has 0 aromatic carbocycles. The molecule has 0 atom stereocenters. The lowest BCUT2D eigenvalue weighted by atomic mass is 10.0. The van der Waals surface area contributed by atoms with Gasteiger partial charge in [-0.25, -0.2) is 4.98 Å². The van der Waals surface area contributed by atoms with Gasteiger partial charge in [0, 0.05) is 18.5 Å². The highest BCUT2D eigenvalue weighted by molar-refractivity contribution is 6.17. The number of anilines is 1. The summed E-state index contributed by atoms with van der Waals surface area (Å²) in [6, 6.07) is 1.85. The Hall–Kier alpha value is -1.03. The predicted molar refractivity (Wildman–Crippen MR) is 73.4 cm³/mol. The Morgan fingerprint density at radius 2 is 2.22 bits per heavy atom. The minimum Gasteiger partial charge on any atom is -0.478 e. The Balaban J connectivity index is 1.96. The van der Waals surface area contributed by atoms with Crippen LogP contribution in [0.15, 0.2) is 6.07 Å². The van der Waals surface area contributed by atoms with Gasteiger partial charge in [0.25, 0.3) is 0 Å². The van der Waals surface area contributed by atoms with Gasteiger partial charge < -0.3 is 10.1 Å². The summed E-state index contributed by atoms with van der Waals surface area (Å²) in [5, 5.41) is 3.38. The van der Waals surface area contributed by atoms with Crippen LogP contribution in [0.2, 0.25) is 0 Å². The molecule has 0 unspecified atom stereocenters. The highest BCUT2D eigenvalue weighted by atomic mass is 35.5. The van der Waals surface area contributed by atoms with Crippen molar-refractivity contribution in [3.8, 4) is 5.88 Å². The van der Waals surface area contributed by atoms with Crippen LogP contribution in [0, 0.1) is 12.3 Å². The molecule has 1 heterocycles. The van der Waals surface area contributed by atoms with E-state index in [2.05, 4.69) is 15.3 Å². The number of nitrogens with one attached hydrogen (secondary N) is 1. The molecule has 0 amide bonds. The number of rotatable bonds is 7. The first-order valence-corrected chi connectivity index (χ1v) is 6.99. The van der Waals surface area contributed by atoms with Crippen molar-refractivity contribution in [1.82, 2.24) is 9.97 Å². The van der Waals surface area contributed by atoms with Crippen molar-refractivity contribution in [1.29, 1.82) is 0 Å². The molecular formula is C13H20ClN3O. The lowest BCUT2D eigenvalue weighted by molar-refractivity contribution is 0.325. The van der Waals surface area contributed by atoms with Gasteiger partial charge in [0.05, 0.1) is 6.61 Å². The van der Waals surface area contributed by atoms with Gasteiger partial charge in [0.15, 0.2) is 0 Å². The molecule has 1 saturated carbocycles. The summed E-state index contributed by atoms with van der Waals surface area (Å²) in [6.45, 7) is 5.37.